The van der Waals surface area contributed by atoms with E-state index in [1.807, 2.05) is 0 Å². The number of aromatic nitrogens is 2. The van der Waals surface area contributed by atoms with Gasteiger partial charge in [-0.05, 0) is 36.2 Å². The highest BCUT2D eigenvalue weighted by atomic mass is 19.4. The lowest BCUT2D eigenvalue weighted by Crippen LogP contribution is -2.17. The van der Waals surface area contributed by atoms with E-state index in [0.717, 1.165) is 5.56 Å². The number of carbonyl (C=O) groups is 2. The molecule has 0 aliphatic heterocycles. The normalized spacial score (nSPS) is 11.1. The monoisotopic (exact) mass is 431 g/mol. The van der Waals surface area contributed by atoms with Gasteiger partial charge in [-0.3, -0.25) is 4.79 Å². The van der Waals surface area contributed by atoms with Crippen LogP contribution in [0.4, 0.5) is 19.0 Å². The summed E-state index contributed by atoms with van der Waals surface area (Å²) < 4.78 is 40.5. The molecule has 0 fully saturated rings. The first-order valence-corrected chi connectivity index (χ1v) is 9.00. The van der Waals surface area contributed by atoms with Crippen molar-refractivity contribution in [2.24, 2.45) is 0 Å². The fourth-order valence-electron chi connectivity index (χ4n) is 2.76. The van der Waals surface area contributed by atoms with Gasteiger partial charge in [0.1, 0.15) is 11.6 Å². The van der Waals surface area contributed by atoms with Crippen LogP contribution in [0.25, 0.3) is 11.3 Å². The summed E-state index contributed by atoms with van der Waals surface area (Å²) in [5.41, 5.74) is 1.72. The van der Waals surface area contributed by atoms with Crippen molar-refractivity contribution in [3.05, 3.63) is 71.5 Å². The average molecular weight is 431 g/mol. The minimum Gasteiger partial charge on any atom is -0.478 e. The van der Waals surface area contributed by atoms with Gasteiger partial charge in [-0.15, -0.1) is 13.2 Å². The van der Waals surface area contributed by atoms with Crippen molar-refractivity contribution < 1.29 is 32.6 Å². The molecule has 1 aromatic heterocycles. The molecule has 0 radical (unpaired) electrons. The van der Waals surface area contributed by atoms with E-state index in [1.54, 1.807) is 18.2 Å². The number of rotatable bonds is 8. The van der Waals surface area contributed by atoms with Gasteiger partial charge < -0.3 is 15.2 Å². The Morgan fingerprint density at radius 1 is 1.10 bits per heavy atom. The summed E-state index contributed by atoms with van der Waals surface area (Å²) >= 11 is 0. The van der Waals surface area contributed by atoms with Crippen LogP contribution in [-0.4, -0.2) is 40.2 Å². The van der Waals surface area contributed by atoms with Crippen molar-refractivity contribution in [3.63, 3.8) is 0 Å². The Morgan fingerprint density at radius 2 is 1.84 bits per heavy atom. The summed E-state index contributed by atoms with van der Waals surface area (Å²) in [5.74, 6) is -1.11. The number of aldehydes is 1. The third-order valence-corrected chi connectivity index (χ3v) is 4.13. The molecule has 0 atom stereocenters. The van der Waals surface area contributed by atoms with Gasteiger partial charge in [-0.1, -0.05) is 24.3 Å². The van der Waals surface area contributed by atoms with E-state index in [1.165, 1.54) is 36.4 Å². The van der Waals surface area contributed by atoms with Crippen LogP contribution in [0.2, 0.25) is 0 Å². The number of ether oxygens (including phenoxy) is 1. The molecule has 0 aliphatic rings. The smallest absolute Gasteiger partial charge is 0.478 e. The van der Waals surface area contributed by atoms with Crippen LogP contribution in [0.15, 0.2) is 54.6 Å². The Morgan fingerprint density at radius 3 is 2.48 bits per heavy atom. The number of carboxylic acid groups (broad SMARTS) is 1. The first-order chi connectivity index (χ1) is 14.7. The SMILES string of the molecule is O=Cc1nc(NCCc2ccc(OC(F)(F)F)cc2)cc(-c2cccc(C(=O)O)c2)n1. The van der Waals surface area contributed by atoms with Gasteiger partial charge in [-0.2, -0.15) is 0 Å². The summed E-state index contributed by atoms with van der Waals surface area (Å²) in [6.45, 7) is 0.378. The van der Waals surface area contributed by atoms with E-state index in [-0.39, 0.29) is 17.1 Å². The minimum atomic E-state index is -4.74. The van der Waals surface area contributed by atoms with Gasteiger partial charge in [0.25, 0.3) is 0 Å². The fourth-order valence-corrected chi connectivity index (χ4v) is 2.76. The Labute approximate surface area is 174 Å². The number of benzene rings is 2. The summed E-state index contributed by atoms with van der Waals surface area (Å²) in [6.07, 6.45) is -3.79. The van der Waals surface area contributed by atoms with Crippen LogP contribution >= 0.6 is 0 Å². The van der Waals surface area contributed by atoms with Crippen molar-refractivity contribution in [1.29, 1.82) is 0 Å². The molecule has 1 heterocycles. The highest BCUT2D eigenvalue weighted by Gasteiger charge is 2.30. The predicted octanol–water partition coefficient (Wildman–Crippen LogP) is 4.21. The molecule has 3 rings (SSSR count). The molecule has 0 saturated carbocycles. The Hall–Kier alpha value is -3.95. The lowest BCUT2D eigenvalue weighted by Gasteiger charge is -2.10. The maximum absolute atomic E-state index is 12.2. The van der Waals surface area contributed by atoms with E-state index in [9.17, 15) is 22.8 Å². The number of carbonyl (C=O) groups excluding carboxylic acids is 1. The van der Waals surface area contributed by atoms with Crippen molar-refractivity contribution in [2.75, 3.05) is 11.9 Å². The second-order valence-corrected chi connectivity index (χ2v) is 6.37. The second kappa shape index (κ2) is 9.24. The Balaban J connectivity index is 1.69. The number of anilines is 1. The molecule has 0 spiro atoms. The molecule has 3 aromatic rings. The molecule has 2 N–H and O–H groups in total. The number of hydrogen-bond acceptors (Lipinski definition) is 6. The Bertz CT molecular complexity index is 1090. The largest absolute Gasteiger partial charge is 0.573 e. The number of hydrogen-bond donors (Lipinski definition) is 2. The molecule has 2 aromatic carbocycles. The van der Waals surface area contributed by atoms with Crippen molar-refractivity contribution in [3.8, 4) is 17.0 Å². The van der Waals surface area contributed by atoms with Crippen LogP contribution in [0, 0.1) is 0 Å². The number of halogens is 3. The molecule has 0 amide bonds. The summed E-state index contributed by atoms with van der Waals surface area (Å²) in [6, 6.07) is 13.2. The van der Waals surface area contributed by atoms with Crippen LogP contribution in [0.3, 0.4) is 0 Å². The van der Waals surface area contributed by atoms with Gasteiger partial charge in [0.15, 0.2) is 12.1 Å². The van der Waals surface area contributed by atoms with Crippen LogP contribution in [0.5, 0.6) is 5.75 Å². The standard InChI is InChI=1S/C21H16F3N3O4/c22-21(23,24)31-16-6-4-13(5-7-16)8-9-25-18-11-17(26-19(12-28)27-18)14-2-1-3-15(10-14)20(29)30/h1-7,10-12H,8-9H2,(H,29,30)(H,25,26,27). The van der Waals surface area contributed by atoms with Crippen LogP contribution in [-0.2, 0) is 6.42 Å². The number of alkyl halides is 3. The van der Waals surface area contributed by atoms with Gasteiger partial charge in [0, 0.05) is 18.2 Å². The number of aromatic carboxylic acids is 1. The second-order valence-electron chi connectivity index (χ2n) is 6.37. The van der Waals surface area contributed by atoms with Gasteiger partial charge in [0.2, 0.25) is 0 Å². The lowest BCUT2D eigenvalue weighted by atomic mass is 10.1. The van der Waals surface area contributed by atoms with Crippen LogP contribution in [0.1, 0.15) is 26.5 Å². The summed E-state index contributed by atoms with van der Waals surface area (Å²) in [4.78, 5) is 30.6. The first kappa shape index (κ1) is 21.8. The van der Waals surface area contributed by atoms with E-state index >= 15 is 0 Å². The lowest BCUT2D eigenvalue weighted by molar-refractivity contribution is -0.274. The van der Waals surface area contributed by atoms with Crippen molar-refractivity contribution in [2.45, 2.75) is 12.8 Å². The predicted molar refractivity (Wildman–Crippen MR) is 105 cm³/mol. The molecule has 0 saturated heterocycles. The number of nitrogens with one attached hydrogen (secondary N) is 1. The van der Waals surface area contributed by atoms with Crippen molar-refractivity contribution >= 4 is 18.1 Å². The third kappa shape index (κ3) is 6.26. The molecule has 7 nitrogen and oxygen atoms in total. The molecule has 31 heavy (non-hydrogen) atoms. The quantitative estimate of drug-likeness (QED) is 0.515. The average Bonchev–Trinajstić information content (AvgIpc) is 2.74. The molecular weight excluding hydrogens is 415 g/mol. The molecule has 10 heteroatoms. The molecular formula is C21H16F3N3O4. The van der Waals surface area contributed by atoms with Gasteiger partial charge in [-0.25, -0.2) is 14.8 Å². The highest BCUT2D eigenvalue weighted by Crippen LogP contribution is 2.23. The number of nitrogens with zero attached hydrogens (tertiary/aromatic N) is 2. The van der Waals surface area contributed by atoms with E-state index in [2.05, 4.69) is 20.0 Å². The molecule has 160 valence electrons. The molecule has 0 unspecified atom stereocenters. The zero-order valence-electron chi connectivity index (χ0n) is 15.9. The molecule has 0 aliphatic carbocycles. The summed E-state index contributed by atoms with van der Waals surface area (Å²) in [5, 5.41) is 12.2. The van der Waals surface area contributed by atoms with E-state index in [4.69, 9.17) is 5.11 Å². The summed E-state index contributed by atoms with van der Waals surface area (Å²) in [7, 11) is 0. The van der Waals surface area contributed by atoms with Crippen molar-refractivity contribution in [1.82, 2.24) is 9.97 Å². The minimum absolute atomic E-state index is 0.0746. The molecule has 0 bridgehead atoms. The fraction of sp³-hybridized carbons (Fsp3) is 0.143. The van der Waals surface area contributed by atoms with E-state index < -0.39 is 12.3 Å². The zero-order valence-corrected chi connectivity index (χ0v) is 15.9. The maximum atomic E-state index is 12.2. The highest BCUT2D eigenvalue weighted by molar-refractivity contribution is 5.89. The van der Waals surface area contributed by atoms with Crippen LogP contribution < -0.4 is 10.1 Å². The van der Waals surface area contributed by atoms with E-state index in [0.29, 0.717) is 36.3 Å². The zero-order chi connectivity index (χ0) is 22.4. The Kier molecular flexibility index (Phi) is 6.49. The topological polar surface area (TPSA) is 101 Å². The third-order valence-electron chi connectivity index (χ3n) is 4.13. The van der Waals surface area contributed by atoms with Gasteiger partial charge in [0.05, 0.1) is 11.3 Å². The maximum Gasteiger partial charge on any atom is 0.573 e. The van der Waals surface area contributed by atoms with Gasteiger partial charge >= 0.3 is 12.3 Å². The number of carboxylic acids is 1. The first-order valence-electron chi connectivity index (χ1n) is 9.00.